The van der Waals surface area contributed by atoms with Crippen molar-refractivity contribution in [1.82, 2.24) is 15.5 Å². The first-order valence-corrected chi connectivity index (χ1v) is 8.77. The molecule has 0 saturated carbocycles. The number of ether oxygens (including phenoxy) is 1. The molecule has 2 aromatic rings. The Morgan fingerprint density at radius 3 is 2.70 bits per heavy atom. The summed E-state index contributed by atoms with van der Waals surface area (Å²) < 4.78 is 44.0. The van der Waals surface area contributed by atoms with E-state index >= 15 is 0 Å². The molecule has 3 N–H and O–H groups in total. The van der Waals surface area contributed by atoms with Crippen LogP contribution in [-0.4, -0.2) is 34.4 Å². The third-order valence-corrected chi connectivity index (χ3v) is 4.90. The SMILES string of the molecule is Oc1cc(C(F)(F)F)ccc1-c1nnc(N[C@@H]2CCCNC2)c2c1COC2. The topological polar surface area (TPSA) is 79.3 Å². The summed E-state index contributed by atoms with van der Waals surface area (Å²) in [5.41, 5.74) is 1.23. The van der Waals surface area contributed by atoms with Crippen LogP contribution in [0, 0.1) is 0 Å². The third-order valence-electron chi connectivity index (χ3n) is 4.90. The molecule has 2 aliphatic heterocycles. The van der Waals surface area contributed by atoms with Gasteiger partial charge in [-0.2, -0.15) is 13.2 Å². The van der Waals surface area contributed by atoms with Gasteiger partial charge in [0.15, 0.2) is 5.82 Å². The largest absolute Gasteiger partial charge is 0.507 e. The Morgan fingerprint density at radius 2 is 2.00 bits per heavy atom. The smallest absolute Gasteiger partial charge is 0.416 e. The van der Waals surface area contributed by atoms with Crippen LogP contribution in [0.25, 0.3) is 11.3 Å². The number of benzene rings is 1. The van der Waals surface area contributed by atoms with E-state index in [9.17, 15) is 18.3 Å². The number of anilines is 1. The van der Waals surface area contributed by atoms with Gasteiger partial charge in [0, 0.05) is 29.3 Å². The zero-order valence-corrected chi connectivity index (χ0v) is 14.4. The van der Waals surface area contributed by atoms with Crippen molar-refractivity contribution in [2.75, 3.05) is 18.4 Å². The van der Waals surface area contributed by atoms with Gasteiger partial charge >= 0.3 is 6.18 Å². The number of fused-ring (bicyclic) bond motifs is 1. The summed E-state index contributed by atoms with van der Waals surface area (Å²) in [6.45, 7) is 2.45. The summed E-state index contributed by atoms with van der Waals surface area (Å²) in [5.74, 6) is 0.150. The average molecular weight is 380 g/mol. The summed E-state index contributed by atoms with van der Waals surface area (Å²) in [5, 5.41) is 25.2. The standard InChI is InChI=1S/C18H19F3N4O2/c19-18(20,21)10-3-4-12(15(26)6-10)16-13-8-27-9-14(13)17(25-24-16)23-11-2-1-5-22-7-11/h3-4,6,11,22,26H,1-2,5,7-9H2,(H,23,25)/t11-/m1/s1. The summed E-state index contributed by atoms with van der Waals surface area (Å²) in [4.78, 5) is 0. The van der Waals surface area contributed by atoms with Gasteiger partial charge < -0.3 is 20.5 Å². The highest BCUT2D eigenvalue weighted by Gasteiger charge is 2.32. The van der Waals surface area contributed by atoms with E-state index in [1.807, 2.05) is 0 Å². The second kappa shape index (κ2) is 6.97. The molecular weight excluding hydrogens is 361 g/mol. The Balaban J connectivity index is 1.68. The molecule has 6 nitrogen and oxygen atoms in total. The third kappa shape index (κ3) is 3.57. The molecule has 0 unspecified atom stereocenters. The summed E-state index contributed by atoms with van der Waals surface area (Å²) >= 11 is 0. The van der Waals surface area contributed by atoms with E-state index in [4.69, 9.17) is 4.74 Å². The molecule has 1 fully saturated rings. The molecule has 0 bridgehead atoms. The van der Waals surface area contributed by atoms with Crippen molar-refractivity contribution in [3.8, 4) is 17.0 Å². The number of alkyl halides is 3. The van der Waals surface area contributed by atoms with Crippen molar-refractivity contribution in [2.24, 2.45) is 0 Å². The number of phenolic OH excluding ortho intramolecular Hbond substituents is 1. The van der Waals surface area contributed by atoms with E-state index in [1.54, 1.807) is 0 Å². The van der Waals surface area contributed by atoms with Crippen molar-refractivity contribution in [2.45, 2.75) is 38.3 Å². The van der Waals surface area contributed by atoms with Crippen LogP contribution in [0.4, 0.5) is 19.0 Å². The van der Waals surface area contributed by atoms with E-state index in [0.717, 1.165) is 43.1 Å². The van der Waals surface area contributed by atoms with Crippen molar-refractivity contribution in [3.63, 3.8) is 0 Å². The lowest BCUT2D eigenvalue weighted by molar-refractivity contribution is -0.137. The lowest BCUT2D eigenvalue weighted by Crippen LogP contribution is -2.38. The summed E-state index contributed by atoms with van der Waals surface area (Å²) in [6.07, 6.45) is -2.43. The van der Waals surface area contributed by atoms with Gasteiger partial charge in [0.25, 0.3) is 0 Å². The number of hydrogen-bond donors (Lipinski definition) is 3. The zero-order valence-electron chi connectivity index (χ0n) is 14.4. The minimum Gasteiger partial charge on any atom is -0.507 e. The van der Waals surface area contributed by atoms with Gasteiger partial charge in [-0.15, -0.1) is 10.2 Å². The first-order chi connectivity index (χ1) is 12.9. The van der Waals surface area contributed by atoms with E-state index in [-0.39, 0.29) is 18.2 Å². The number of nitrogens with one attached hydrogen (secondary N) is 2. The van der Waals surface area contributed by atoms with Gasteiger partial charge in [-0.1, -0.05) is 0 Å². The van der Waals surface area contributed by atoms with Gasteiger partial charge in [0.05, 0.1) is 18.8 Å². The van der Waals surface area contributed by atoms with Crippen molar-refractivity contribution < 1.29 is 23.0 Å². The highest BCUT2D eigenvalue weighted by atomic mass is 19.4. The van der Waals surface area contributed by atoms with E-state index in [1.165, 1.54) is 6.07 Å². The van der Waals surface area contributed by atoms with Gasteiger partial charge in [-0.25, -0.2) is 0 Å². The average Bonchev–Trinajstić information content (AvgIpc) is 3.13. The highest BCUT2D eigenvalue weighted by Crippen LogP contribution is 2.39. The van der Waals surface area contributed by atoms with Crippen molar-refractivity contribution >= 4 is 5.82 Å². The van der Waals surface area contributed by atoms with Crippen LogP contribution in [0.3, 0.4) is 0 Å². The molecule has 27 heavy (non-hydrogen) atoms. The molecule has 1 atom stereocenters. The molecule has 4 rings (SSSR count). The first kappa shape index (κ1) is 18.0. The Labute approximate surface area is 153 Å². The van der Waals surface area contributed by atoms with Crippen molar-refractivity contribution in [3.05, 3.63) is 34.9 Å². The second-order valence-corrected chi connectivity index (χ2v) is 6.76. The number of aromatic nitrogens is 2. The molecule has 0 amide bonds. The lowest BCUT2D eigenvalue weighted by Gasteiger charge is -2.25. The highest BCUT2D eigenvalue weighted by molar-refractivity contribution is 5.73. The zero-order chi connectivity index (χ0) is 19.0. The Hall–Kier alpha value is -2.39. The van der Waals surface area contributed by atoms with Gasteiger partial charge in [0.2, 0.25) is 0 Å². The Kier molecular flexibility index (Phi) is 4.65. The number of halogens is 3. The fourth-order valence-corrected chi connectivity index (χ4v) is 3.48. The monoisotopic (exact) mass is 380 g/mol. The maximum Gasteiger partial charge on any atom is 0.416 e. The summed E-state index contributed by atoms with van der Waals surface area (Å²) in [6, 6.07) is 3.10. The first-order valence-electron chi connectivity index (χ1n) is 8.77. The van der Waals surface area contributed by atoms with Gasteiger partial charge in [-0.3, -0.25) is 0 Å². The molecule has 144 valence electrons. The molecule has 3 heterocycles. The van der Waals surface area contributed by atoms with Crippen LogP contribution in [0.1, 0.15) is 29.5 Å². The molecular formula is C18H19F3N4O2. The van der Waals surface area contributed by atoms with Crippen LogP contribution >= 0.6 is 0 Å². The van der Waals surface area contributed by atoms with Gasteiger partial charge in [0.1, 0.15) is 11.4 Å². The molecule has 1 aromatic carbocycles. The molecule has 0 spiro atoms. The van der Waals surface area contributed by atoms with Crippen LogP contribution in [-0.2, 0) is 24.1 Å². The molecule has 2 aliphatic rings. The molecule has 1 saturated heterocycles. The number of piperidine rings is 1. The fourth-order valence-electron chi connectivity index (χ4n) is 3.48. The van der Waals surface area contributed by atoms with E-state index < -0.39 is 17.5 Å². The number of phenols is 1. The molecule has 9 heteroatoms. The Bertz CT molecular complexity index is 851. The predicted molar refractivity (Wildman–Crippen MR) is 92.1 cm³/mol. The molecule has 0 radical (unpaired) electrons. The minimum atomic E-state index is -4.52. The normalized spacial score (nSPS) is 19.7. The molecule has 0 aliphatic carbocycles. The summed E-state index contributed by atoms with van der Waals surface area (Å²) in [7, 11) is 0. The quantitative estimate of drug-likeness (QED) is 0.760. The number of aromatic hydroxyl groups is 1. The van der Waals surface area contributed by atoms with Crippen LogP contribution in [0.2, 0.25) is 0 Å². The second-order valence-electron chi connectivity index (χ2n) is 6.76. The van der Waals surface area contributed by atoms with Crippen molar-refractivity contribution in [1.29, 1.82) is 0 Å². The predicted octanol–water partition coefficient (Wildman–Crippen LogP) is 3.06. The van der Waals surface area contributed by atoms with Crippen LogP contribution in [0.5, 0.6) is 5.75 Å². The number of nitrogens with zero attached hydrogens (tertiary/aromatic N) is 2. The fraction of sp³-hybridized carbons (Fsp3) is 0.444. The van der Waals surface area contributed by atoms with Crippen LogP contribution in [0.15, 0.2) is 18.2 Å². The number of hydrogen-bond acceptors (Lipinski definition) is 6. The van der Waals surface area contributed by atoms with E-state index in [2.05, 4.69) is 20.8 Å². The molecule has 1 aromatic heterocycles. The minimum absolute atomic E-state index is 0.211. The van der Waals surface area contributed by atoms with E-state index in [0.29, 0.717) is 24.2 Å². The maximum absolute atomic E-state index is 12.8. The van der Waals surface area contributed by atoms with Crippen LogP contribution < -0.4 is 10.6 Å². The number of rotatable bonds is 3. The maximum atomic E-state index is 12.8. The van der Waals surface area contributed by atoms with Gasteiger partial charge in [-0.05, 0) is 37.6 Å². The Morgan fingerprint density at radius 1 is 1.19 bits per heavy atom. The lowest BCUT2D eigenvalue weighted by atomic mass is 10.0.